The molecule has 0 aliphatic carbocycles. The Morgan fingerprint density at radius 2 is 2.29 bits per heavy atom. The summed E-state index contributed by atoms with van der Waals surface area (Å²) < 4.78 is 15.3. The molecule has 0 radical (unpaired) electrons. The number of aryl methyl sites for hydroxylation is 1. The summed E-state index contributed by atoms with van der Waals surface area (Å²) in [5, 5.41) is 10.5. The zero-order valence-electron chi connectivity index (χ0n) is 9.11. The first kappa shape index (κ1) is 11.6. The molecular weight excluding hydrogens is 239 g/mol. The SMILES string of the molecule is Cc1csc(=O)n1Cc1cccc(C#N)c1F. The summed E-state index contributed by atoms with van der Waals surface area (Å²) in [4.78, 5) is 11.4. The highest BCUT2D eigenvalue weighted by Crippen LogP contribution is 2.14. The molecule has 0 atom stereocenters. The molecule has 1 aromatic carbocycles. The summed E-state index contributed by atoms with van der Waals surface area (Å²) in [5.41, 5.74) is 1.15. The van der Waals surface area contributed by atoms with Crippen LogP contribution in [0.3, 0.4) is 0 Å². The van der Waals surface area contributed by atoms with Gasteiger partial charge in [-0.1, -0.05) is 23.5 Å². The number of halogens is 1. The lowest BCUT2D eigenvalue weighted by atomic mass is 10.1. The fourth-order valence-electron chi connectivity index (χ4n) is 1.55. The Bertz CT molecular complexity index is 651. The molecule has 0 amide bonds. The molecule has 0 spiro atoms. The number of hydrogen-bond acceptors (Lipinski definition) is 3. The highest BCUT2D eigenvalue weighted by molar-refractivity contribution is 7.07. The topological polar surface area (TPSA) is 45.8 Å². The highest BCUT2D eigenvalue weighted by Gasteiger charge is 2.10. The van der Waals surface area contributed by atoms with Gasteiger partial charge in [-0.05, 0) is 13.0 Å². The zero-order chi connectivity index (χ0) is 12.4. The van der Waals surface area contributed by atoms with Crippen molar-refractivity contribution in [1.82, 2.24) is 4.57 Å². The normalized spacial score (nSPS) is 10.2. The minimum absolute atomic E-state index is 0.00318. The van der Waals surface area contributed by atoms with Crippen LogP contribution in [0, 0.1) is 24.1 Å². The zero-order valence-corrected chi connectivity index (χ0v) is 9.92. The first-order valence-electron chi connectivity index (χ1n) is 4.96. The molecule has 0 saturated carbocycles. The van der Waals surface area contributed by atoms with Crippen molar-refractivity contribution in [2.24, 2.45) is 0 Å². The van der Waals surface area contributed by atoms with Gasteiger partial charge in [0.05, 0.1) is 12.1 Å². The monoisotopic (exact) mass is 248 g/mol. The number of hydrogen-bond donors (Lipinski definition) is 0. The van der Waals surface area contributed by atoms with Gasteiger partial charge >= 0.3 is 4.87 Å². The lowest BCUT2D eigenvalue weighted by Crippen LogP contribution is -2.16. The number of benzene rings is 1. The standard InChI is InChI=1S/C12H9FN2OS/c1-8-7-17-12(16)15(8)6-10-4-2-3-9(5-14)11(10)13/h2-4,7H,6H2,1H3. The molecule has 0 aliphatic heterocycles. The number of rotatable bonds is 2. The molecule has 5 heteroatoms. The molecule has 86 valence electrons. The molecule has 0 aliphatic rings. The lowest BCUT2D eigenvalue weighted by Gasteiger charge is -2.06. The third-order valence-corrected chi connectivity index (χ3v) is 3.39. The molecule has 2 aromatic rings. The molecule has 1 aromatic heterocycles. The molecule has 0 fully saturated rings. The molecule has 0 unspecified atom stereocenters. The van der Waals surface area contributed by atoms with Gasteiger partial charge in [-0.3, -0.25) is 9.36 Å². The summed E-state index contributed by atoms with van der Waals surface area (Å²) in [5.74, 6) is -0.549. The summed E-state index contributed by atoms with van der Waals surface area (Å²) >= 11 is 1.09. The minimum atomic E-state index is -0.549. The lowest BCUT2D eigenvalue weighted by molar-refractivity contribution is 0.592. The second kappa shape index (κ2) is 4.52. The molecule has 1 heterocycles. The minimum Gasteiger partial charge on any atom is -0.299 e. The molecule has 2 rings (SSSR count). The predicted octanol–water partition coefficient (Wildman–Crippen LogP) is 2.28. The first-order valence-corrected chi connectivity index (χ1v) is 5.84. The van der Waals surface area contributed by atoms with E-state index in [1.165, 1.54) is 10.6 Å². The summed E-state index contributed by atoms with van der Waals surface area (Å²) in [6.45, 7) is 1.96. The van der Waals surface area contributed by atoms with Crippen molar-refractivity contribution in [3.05, 3.63) is 55.9 Å². The first-order chi connectivity index (χ1) is 8.13. The second-order valence-electron chi connectivity index (χ2n) is 3.62. The van der Waals surface area contributed by atoms with Gasteiger partial charge in [-0.25, -0.2) is 4.39 Å². The van der Waals surface area contributed by atoms with E-state index < -0.39 is 5.82 Å². The van der Waals surface area contributed by atoms with Gasteiger partial charge in [0.1, 0.15) is 11.9 Å². The second-order valence-corrected chi connectivity index (χ2v) is 4.44. The van der Waals surface area contributed by atoms with E-state index in [1.807, 2.05) is 0 Å². The van der Waals surface area contributed by atoms with Gasteiger partial charge in [0.15, 0.2) is 0 Å². The molecule has 0 saturated heterocycles. The van der Waals surface area contributed by atoms with E-state index in [-0.39, 0.29) is 17.0 Å². The van der Waals surface area contributed by atoms with E-state index in [9.17, 15) is 9.18 Å². The average Bonchev–Trinajstić information content (AvgIpc) is 2.63. The van der Waals surface area contributed by atoms with E-state index in [4.69, 9.17) is 5.26 Å². The third kappa shape index (κ3) is 2.12. The summed E-state index contributed by atoms with van der Waals surface area (Å²) in [6, 6.07) is 6.40. The van der Waals surface area contributed by atoms with Gasteiger partial charge < -0.3 is 0 Å². The molecule has 17 heavy (non-hydrogen) atoms. The van der Waals surface area contributed by atoms with Crippen LogP contribution < -0.4 is 4.87 Å². The van der Waals surface area contributed by atoms with Crippen LogP contribution in [-0.2, 0) is 6.54 Å². The Morgan fingerprint density at radius 1 is 1.53 bits per heavy atom. The smallest absolute Gasteiger partial charge is 0.299 e. The van der Waals surface area contributed by atoms with Gasteiger partial charge in [0, 0.05) is 16.6 Å². The Kier molecular flexibility index (Phi) is 3.07. The van der Waals surface area contributed by atoms with Crippen LogP contribution in [0.2, 0.25) is 0 Å². The van der Waals surface area contributed by atoms with Crippen LogP contribution in [-0.4, -0.2) is 4.57 Å². The van der Waals surface area contributed by atoms with E-state index in [0.717, 1.165) is 17.0 Å². The van der Waals surface area contributed by atoms with Crippen LogP contribution in [0.1, 0.15) is 16.8 Å². The van der Waals surface area contributed by atoms with Crippen LogP contribution in [0.25, 0.3) is 0 Å². The Balaban J connectivity index is 2.45. The van der Waals surface area contributed by atoms with Crippen molar-refractivity contribution in [2.45, 2.75) is 13.5 Å². The summed E-state index contributed by atoms with van der Waals surface area (Å²) in [7, 11) is 0. The van der Waals surface area contributed by atoms with Crippen molar-refractivity contribution >= 4 is 11.3 Å². The van der Waals surface area contributed by atoms with Crippen LogP contribution in [0.15, 0.2) is 28.4 Å². The van der Waals surface area contributed by atoms with Crippen LogP contribution in [0.5, 0.6) is 0 Å². The predicted molar refractivity (Wildman–Crippen MR) is 63.5 cm³/mol. The fraction of sp³-hybridized carbons (Fsp3) is 0.167. The Labute approximate surface area is 101 Å². The quantitative estimate of drug-likeness (QED) is 0.818. The fourth-order valence-corrected chi connectivity index (χ4v) is 2.29. The summed E-state index contributed by atoms with van der Waals surface area (Å²) in [6.07, 6.45) is 0. The Morgan fingerprint density at radius 3 is 2.88 bits per heavy atom. The van der Waals surface area contributed by atoms with E-state index in [2.05, 4.69) is 0 Å². The van der Waals surface area contributed by atoms with Gasteiger partial charge in [0.25, 0.3) is 0 Å². The van der Waals surface area contributed by atoms with Crippen LogP contribution >= 0.6 is 11.3 Å². The maximum atomic E-state index is 13.8. The van der Waals surface area contributed by atoms with Gasteiger partial charge in [-0.2, -0.15) is 5.26 Å². The van der Waals surface area contributed by atoms with Crippen molar-refractivity contribution in [3.63, 3.8) is 0 Å². The average molecular weight is 248 g/mol. The maximum absolute atomic E-state index is 13.8. The molecule has 0 bridgehead atoms. The van der Waals surface area contributed by atoms with Crippen molar-refractivity contribution in [1.29, 1.82) is 5.26 Å². The van der Waals surface area contributed by atoms with E-state index in [1.54, 1.807) is 30.5 Å². The molecular formula is C12H9FN2OS. The molecule has 0 N–H and O–H groups in total. The number of nitriles is 1. The third-order valence-electron chi connectivity index (χ3n) is 2.50. The maximum Gasteiger partial charge on any atom is 0.307 e. The van der Waals surface area contributed by atoms with Gasteiger partial charge in [-0.15, -0.1) is 0 Å². The van der Waals surface area contributed by atoms with E-state index >= 15 is 0 Å². The van der Waals surface area contributed by atoms with Crippen molar-refractivity contribution < 1.29 is 4.39 Å². The van der Waals surface area contributed by atoms with Gasteiger partial charge in [0.2, 0.25) is 0 Å². The number of thiazole rings is 1. The van der Waals surface area contributed by atoms with Crippen molar-refractivity contribution in [2.75, 3.05) is 0 Å². The highest BCUT2D eigenvalue weighted by atomic mass is 32.1. The molecule has 3 nitrogen and oxygen atoms in total. The Hall–Kier alpha value is -1.93. The van der Waals surface area contributed by atoms with Crippen molar-refractivity contribution in [3.8, 4) is 6.07 Å². The number of nitrogens with zero attached hydrogens (tertiary/aromatic N) is 2. The van der Waals surface area contributed by atoms with Crippen LogP contribution in [0.4, 0.5) is 4.39 Å². The number of aromatic nitrogens is 1. The largest absolute Gasteiger partial charge is 0.307 e. The van der Waals surface area contributed by atoms with E-state index in [0.29, 0.717) is 5.56 Å².